The van der Waals surface area contributed by atoms with Crippen molar-refractivity contribution in [3.63, 3.8) is 0 Å². The van der Waals surface area contributed by atoms with Gasteiger partial charge in [0.2, 0.25) is 0 Å². The van der Waals surface area contributed by atoms with Gasteiger partial charge in [-0.05, 0) is 29.8 Å². The summed E-state index contributed by atoms with van der Waals surface area (Å²) in [6.07, 6.45) is 0. The van der Waals surface area contributed by atoms with Crippen molar-refractivity contribution in [1.82, 2.24) is 5.32 Å². The van der Waals surface area contributed by atoms with Crippen LogP contribution in [0.25, 0.3) is 0 Å². The Morgan fingerprint density at radius 2 is 1.95 bits per heavy atom. The lowest BCUT2D eigenvalue weighted by molar-refractivity contribution is 0.621. The Balaban J connectivity index is 1.72. The predicted molar refractivity (Wildman–Crippen MR) is 80.0 cm³/mol. The van der Waals surface area contributed by atoms with E-state index in [2.05, 4.69) is 17.4 Å². The predicted octanol–water partition coefficient (Wildman–Crippen LogP) is 3.58. The molecule has 0 aliphatic rings. The van der Waals surface area contributed by atoms with Crippen molar-refractivity contribution >= 4 is 11.8 Å². The van der Waals surface area contributed by atoms with Gasteiger partial charge in [-0.25, -0.2) is 4.39 Å². The van der Waals surface area contributed by atoms with E-state index in [4.69, 9.17) is 5.26 Å². The fourth-order valence-electron chi connectivity index (χ4n) is 1.76. The second kappa shape index (κ2) is 7.68. The second-order valence-electron chi connectivity index (χ2n) is 4.26. The van der Waals surface area contributed by atoms with Crippen LogP contribution in [-0.4, -0.2) is 12.3 Å². The number of nitrogens with zero attached hydrogens (tertiary/aromatic N) is 1. The van der Waals surface area contributed by atoms with Crippen LogP contribution >= 0.6 is 11.8 Å². The number of thioether (sulfide) groups is 1. The van der Waals surface area contributed by atoms with Gasteiger partial charge in [-0.15, -0.1) is 11.8 Å². The van der Waals surface area contributed by atoms with Crippen LogP contribution in [0, 0.1) is 17.1 Å². The Hall–Kier alpha value is -1.83. The van der Waals surface area contributed by atoms with Gasteiger partial charge in [0.25, 0.3) is 0 Å². The number of rotatable bonds is 6. The van der Waals surface area contributed by atoms with Crippen LogP contribution in [0.1, 0.15) is 11.1 Å². The molecule has 20 heavy (non-hydrogen) atoms. The third kappa shape index (κ3) is 4.37. The summed E-state index contributed by atoms with van der Waals surface area (Å²) in [7, 11) is 0. The molecule has 0 aliphatic heterocycles. The first-order valence-electron chi connectivity index (χ1n) is 6.36. The Morgan fingerprint density at radius 3 is 2.70 bits per heavy atom. The summed E-state index contributed by atoms with van der Waals surface area (Å²) in [5.41, 5.74) is 1.02. The van der Waals surface area contributed by atoms with E-state index in [9.17, 15) is 4.39 Å². The van der Waals surface area contributed by atoms with Gasteiger partial charge in [-0.2, -0.15) is 5.26 Å². The average Bonchev–Trinajstić information content (AvgIpc) is 2.49. The molecule has 0 spiro atoms. The van der Waals surface area contributed by atoms with Gasteiger partial charge < -0.3 is 5.32 Å². The molecule has 2 aromatic carbocycles. The van der Waals surface area contributed by atoms with Crippen molar-refractivity contribution in [2.45, 2.75) is 11.4 Å². The van der Waals surface area contributed by atoms with Crippen LogP contribution < -0.4 is 5.32 Å². The molecule has 0 atom stereocenters. The molecule has 0 saturated heterocycles. The Labute approximate surface area is 122 Å². The van der Waals surface area contributed by atoms with Crippen LogP contribution in [0.15, 0.2) is 53.4 Å². The molecule has 2 nitrogen and oxygen atoms in total. The van der Waals surface area contributed by atoms with Crippen LogP contribution in [0.2, 0.25) is 0 Å². The highest BCUT2D eigenvalue weighted by Gasteiger charge is 2.02. The van der Waals surface area contributed by atoms with E-state index in [0.717, 1.165) is 17.9 Å². The zero-order chi connectivity index (χ0) is 14.2. The molecule has 2 aromatic rings. The minimum absolute atomic E-state index is 0.1000. The van der Waals surface area contributed by atoms with Gasteiger partial charge >= 0.3 is 0 Å². The van der Waals surface area contributed by atoms with Crippen LogP contribution in [0.4, 0.5) is 4.39 Å². The van der Waals surface area contributed by atoms with Gasteiger partial charge in [0, 0.05) is 23.7 Å². The van der Waals surface area contributed by atoms with Gasteiger partial charge in [-0.3, -0.25) is 0 Å². The number of nitrogens with one attached hydrogen (secondary N) is 1. The van der Waals surface area contributed by atoms with Gasteiger partial charge in [0.05, 0.1) is 5.56 Å². The molecule has 2 rings (SSSR count). The number of benzene rings is 2. The normalized spacial score (nSPS) is 10.2. The van der Waals surface area contributed by atoms with E-state index in [0.29, 0.717) is 6.54 Å². The first-order valence-corrected chi connectivity index (χ1v) is 7.35. The maximum absolute atomic E-state index is 13.2. The summed E-state index contributed by atoms with van der Waals surface area (Å²) < 4.78 is 13.2. The maximum Gasteiger partial charge on any atom is 0.140 e. The monoisotopic (exact) mass is 286 g/mol. The summed E-state index contributed by atoms with van der Waals surface area (Å²) in [6, 6.07) is 16.7. The summed E-state index contributed by atoms with van der Waals surface area (Å²) in [5, 5.41) is 12.1. The van der Waals surface area contributed by atoms with Gasteiger partial charge in [0.1, 0.15) is 11.9 Å². The number of nitriles is 1. The van der Waals surface area contributed by atoms with Crippen molar-refractivity contribution in [3.8, 4) is 6.07 Å². The molecule has 0 radical (unpaired) electrons. The van der Waals surface area contributed by atoms with E-state index >= 15 is 0 Å². The van der Waals surface area contributed by atoms with Gasteiger partial charge in [-0.1, -0.05) is 24.3 Å². The minimum Gasteiger partial charge on any atom is -0.312 e. The fraction of sp³-hybridized carbons (Fsp3) is 0.188. The fourth-order valence-corrected chi connectivity index (χ4v) is 2.59. The molecule has 0 heterocycles. The topological polar surface area (TPSA) is 35.8 Å². The van der Waals surface area contributed by atoms with Crippen molar-refractivity contribution in [3.05, 3.63) is 65.5 Å². The Kier molecular flexibility index (Phi) is 5.60. The second-order valence-corrected chi connectivity index (χ2v) is 5.43. The molecule has 0 saturated carbocycles. The van der Waals surface area contributed by atoms with Crippen LogP contribution in [-0.2, 0) is 6.54 Å². The molecule has 0 unspecified atom stereocenters. The van der Waals surface area contributed by atoms with Crippen molar-refractivity contribution < 1.29 is 4.39 Å². The highest BCUT2D eigenvalue weighted by atomic mass is 32.2. The van der Waals surface area contributed by atoms with E-state index in [1.807, 2.05) is 24.3 Å². The molecule has 0 bridgehead atoms. The number of hydrogen-bond donors (Lipinski definition) is 1. The highest BCUT2D eigenvalue weighted by Crippen LogP contribution is 2.16. The molecule has 0 amide bonds. The van der Waals surface area contributed by atoms with Crippen molar-refractivity contribution in [2.75, 3.05) is 12.3 Å². The molecular weight excluding hydrogens is 271 g/mol. The van der Waals surface area contributed by atoms with Gasteiger partial charge in [0.15, 0.2) is 0 Å². The lowest BCUT2D eigenvalue weighted by Gasteiger charge is -2.06. The SMILES string of the molecule is N#Cc1cc(CNCCSc2ccccc2)ccc1F. The lowest BCUT2D eigenvalue weighted by atomic mass is 10.1. The summed E-state index contributed by atoms with van der Waals surface area (Å²) in [5.74, 6) is 0.506. The summed E-state index contributed by atoms with van der Waals surface area (Å²) >= 11 is 1.79. The maximum atomic E-state index is 13.2. The van der Waals surface area contributed by atoms with E-state index in [-0.39, 0.29) is 5.56 Å². The van der Waals surface area contributed by atoms with Crippen molar-refractivity contribution in [2.24, 2.45) is 0 Å². The number of halogens is 1. The molecule has 0 aromatic heterocycles. The minimum atomic E-state index is -0.462. The average molecular weight is 286 g/mol. The molecular formula is C16H15FN2S. The molecule has 0 aliphatic carbocycles. The third-order valence-corrected chi connectivity index (χ3v) is 3.78. The van der Waals surface area contributed by atoms with Crippen LogP contribution in [0.3, 0.4) is 0 Å². The van der Waals surface area contributed by atoms with E-state index in [1.54, 1.807) is 23.9 Å². The summed E-state index contributed by atoms with van der Waals surface area (Å²) in [6.45, 7) is 1.50. The first-order chi connectivity index (χ1) is 9.79. The molecule has 1 N–H and O–H groups in total. The van der Waals surface area contributed by atoms with Crippen molar-refractivity contribution in [1.29, 1.82) is 5.26 Å². The lowest BCUT2D eigenvalue weighted by Crippen LogP contribution is -2.16. The highest BCUT2D eigenvalue weighted by molar-refractivity contribution is 7.99. The smallest absolute Gasteiger partial charge is 0.140 e. The standard InChI is InChI=1S/C16H15FN2S/c17-16-7-6-13(10-14(16)11-18)12-19-8-9-20-15-4-2-1-3-5-15/h1-7,10,19H,8-9,12H2. The molecule has 102 valence electrons. The summed E-state index contributed by atoms with van der Waals surface area (Å²) in [4.78, 5) is 1.25. The zero-order valence-corrected chi connectivity index (χ0v) is 11.8. The largest absolute Gasteiger partial charge is 0.312 e. The van der Waals surface area contributed by atoms with Crippen LogP contribution in [0.5, 0.6) is 0 Å². The Bertz CT molecular complexity index is 593. The molecule has 4 heteroatoms. The van der Waals surface area contributed by atoms with E-state index in [1.165, 1.54) is 11.0 Å². The third-order valence-electron chi connectivity index (χ3n) is 2.77. The first kappa shape index (κ1) is 14.6. The Morgan fingerprint density at radius 1 is 1.15 bits per heavy atom. The zero-order valence-electron chi connectivity index (χ0n) is 11.0. The number of hydrogen-bond acceptors (Lipinski definition) is 3. The molecule has 0 fully saturated rings. The quantitative estimate of drug-likeness (QED) is 0.651. The van der Waals surface area contributed by atoms with E-state index < -0.39 is 5.82 Å².